The third kappa shape index (κ3) is 1.97. The van der Waals surface area contributed by atoms with Crippen molar-refractivity contribution in [3.63, 3.8) is 0 Å². The molecular weight excluding hydrogens is 232 g/mol. The van der Waals surface area contributed by atoms with E-state index in [0.717, 1.165) is 0 Å². The Kier molecular flexibility index (Phi) is 3.10. The Morgan fingerprint density at radius 3 is 2.89 bits per heavy atom. The molecule has 1 unspecified atom stereocenters. The highest BCUT2D eigenvalue weighted by atomic mass is 16.2. The van der Waals surface area contributed by atoms with E-state index in [-0.39, 0.29) is 17.5 Å². The third-order valence-corrected chi connectivity index (χ3v) is 3.16. The molecular formula is C12H16N4O2. The molecule has 1 aliphatic rings. The fourth-order valence-corrected chi connectivity index (χ4v) is 2.13. The van der Waals surface area contributed by atoms with Crippen molar-refractivity contribution in [3.8, 4) is 0 Å². The molecule has 1 aromatic carbocycles. The zero-order valence-electron chi connectivity index (χ0n) is 10.1. The molecule has 6 nitrogen and oxygen atoms in total. The Hall–Kier alpha value is -2.24. The van der Waals surface area contributed by atoms with Gasteiger partial charge in [-0.15, -0.1) is 0 Å². The van der Waals surface area contributed by atoms with E-state index in [1.807, 2.05) is 4.90 Å². The summed E-state index contributed by atoms with van der Waals surface area (Å²) in [5.41, 5.74) is 12.5. The normalized spacial score (nSPS) is 19.5. The number of para-hydroxylation sites is 1. The second kappa shape index (κ2) is 4.56. The van der Waals surface area contributed by atoms with E-state index in [9.17, 15) is 9.59 Å². The highest BCUT2D eigenvalue weighted by Gasteiger charge is 2.27. The van der Waals surface area contributed by atoms with Gasteiger partial charge in [-0.05, 0) is 19.1 Å². The maximum absolute atomic E-state index is 11.6. The summed E-state index contributed by atoms with van der Waals surface area (Å²) in [6.07, 6.45) is 0. The van der Waals surface area contributed by atoms with Crippen molar-refractivity contribution in [2.24, 2.45) is 5.73 Å². The molecule has 6 heteroatoms. The van der Waals surface area contributed by atoms with Crippen molar-refractivity contribution >= 4 is 23.2 Å². The summed E-state index contributed by atoms with van der Waals surface area (Å²) in [4.78, 5) is 24.7. The number of nitrogens with one attached hydrogen (secondary N) is 1. The highest BCUT2D eigenvalue weighted by Crippen LogP contribution is 2.28. The molecule has 1 fully saturated rings. The molecule has 2 amide bonds. The van der Waals surface area contributed by atoms with Crippen LogP contribution in [-0.4, -0.2) is 30.9 Å². The lowest BCUT2D eigenvalue weighted by Gasteiger charge is -2.35. The molecule has 0 aliphatic carbocycles. The average molecular weight is 248 g/mol. The summed E-state index contributed by atoms with van der Waals surface area (Å²) < 4.78 is 0. The van der Waals surface area contributed by atoms with E-state index >= 15 is 0 Å². The molecule has 1 heterocycles. The van der Waals surface area contributed by atoms with Gasteiger partial charge in [-0.2, -0.15) is 0 Å². The Labute approximate surface area is 105 Å². The van der Waals surface area contributed by atoms with Gasteiger partial charge in [-0.3, -0.25) is 9.59 Å². The van der Waals surface area contributed by atoms with Crippen molar-refractivity contribution in [2.75, 3.05) is 23.7 Å². The van der Waals surface area contributed by atoms with Crippen LogP contribution >= 0.6 is 0 Å². The van der Waals surface area contributed by atoms with E-state index in [0.29, 0.717) is 24.5 Å². The number of nitrogens with two attached hydrogens (primary N) is 2. The molecule has 0 spiro atoms. The summed E-state index contributed by atoms with van der Waals surface area (Å²) in [6.45, 7) is 3.01. The zero-order chi connectivity index (χ0) is 13.3. The SMILES string of the molecule is CC1C(=O)NCCN1c1cccc(C(N)=O)c1N. The lowest BCUT2D eigenvalue weighted by atomic mass is 10.1. The molecule has 1 aromatic rings. The first kappa shape index (κ1) is 12.2. The van der Waals surface area contributed by atoms with Crippen LogP contribution < -0.4 is 21.7 Å². The van der Waals surface area contributed by atoms with Crippen LogP contribution in [-0.2, 0) is 4.79 Å². The number of amides is 2. The fourth-order valence-electron chi connectivity index (χ4n) is 2.13. The first-order valence-electron chi connectivity index (χ1n) is 5.75. The first-order valence-corrected chi connectivity index (χ1v) is 5.75. The molecule has 0 radical (unpaired) electrons. The topological polar surface area (TPSA) is 101 Å². The highest BCUT2D eigenvalue weighted by molar-refractivity contribution is 6.01. The van der Waals surface area contributed by atoms with Crippen molar-refractivity contribution in [1.29, 1.82) is 0 Å². The smallest absolute Gasteiger partial charge is 0.250 e. The minimum absolute atomic E-state index is 0.0508. The van der Waals surface area contributed by atoms with Gasteiger partial charge in [0.2, 0.25) is 5.91 Å². The molecule has 0 saturated carbocycles. The fraction of sp³-hybridized carbons (Fsp3) is 0.333. The molecule has 0 aromatic heterocycles. The largest absolute Gasteiger partial charge is 0.396 e. The standard InChI is InChI=1S/C12H16N4O2/c1-7-12(18)15-5-6-16(7)9-4-2-3-8(10(9)13)11(14)17/h2-4,7H,5-6,13H2,1H3,(H2,14,17)(H,15,18). The predicted molar refractivity (Wildman–Crippen MR) is 69.2 cm³/mol. The molecule has 18 heavy (non-hydrogen) atoms. The molecule has 1 atom stereocenters. The van der Waals surface area contributed by atoms with Gasteiger partial charge in [-0.25, -0.2) is 0 Å². The molecule has 1 saturated heterocycles. The number of hydrogen-bond acceptors (Lipinski definition) is 4. The van der Waals surface area contributed by atoms with Gasteiger partial charge in [0.15, 0.2) is 0 Å². The lowest BCUT2D eigenvalue weighted by molar-refractivity contribution is -0.122. The molecule has 0 bridgehead atoms. The van der Waals surface area contributed by atoms with Crippen LogP contribution in [0.5, 0.6) is 0 Å². The van der Waals surface area contributed by atoms with E-state index in [1.54, 1.807) is 25.1 Å². The summed E-state index contributed by atoms with van der Waals surface area (Å²) >= 11 is 0. The van der Waals surface area contributed by atoms with Crippen LogP contribution in [0.3, 0.4) is 0 Å². The van der Waals surface area contributed by atoms with Crippen LogP contribution in [0.15, 0.2) is 18.2 Å². The monoisotopic (exact) mass is 248 g/mol. The summed E-state index contributed by atoms with van der Waals surface area (Å²) in [5, 5.41) is 2.78. The van der Waals surface area contributed by atoms with Crippen LogP contribution in [0.4, 0.5) is 11.4 Å². The van der Waals surface area contributed by atoms with Gasteiger partial charge in [0, 0.05) is 13.1 Å². The summed E-state index contributed by atoms with van der Waals surface area (Å²) in [7, 11) is 0. The van der Waals surface area contributed by atoms with Gasteiger partial charge < -0.3 is 21.7 Å². The van der Waals surface area contributed by atoms with Gasteiger partial charge in [0.1, 0.15) is 6.04 Å². The van der Waals surface area contributed by atoms with E-state index in [2.05, 4.69) is 5.32 Å². The summed E-state index contributed by atoms with van der Waals surface area (Å²) in [6, 6.07) is 4.77. The van der Waals surface area contributed by atoms with Gasteiger partial charge in [0.25, 0.3) is 5.91 Å². The molecule has 5 N–H and O–H groups in total. The third-order valence-electron chi connectivity index (χ3n) is 3.16. The van der Waals surface area contributed by atoms with Gasteiger partial charge in [0.05, 0.1) is 16.9 Å². The lowest BCUT2D eigenvalue weighted by Crippen LogP contribution is -2.54. The Morgan fingerprint density at radius 2 is 2.22 bits per heavy atom. The maximum Gasteiger partial charge on any atom is 0.250 e. The quantitative estimate of drug-likeness (QED) is 0.625. The van der Waals surface area contributed by atoms with Crippen molar-refractivity contribution in [1.82, 2.24) is 5.32 Å². The zero-order valence-corrected chi connectivity index (χ0v) is 10.1. The number of nitrogen functional groups attached to an aromatic ring is 1. The number of piperazine rings is 1. The van der Waals surface area contributed by atoms with Crippen molar-refractivity contribution in [2.45, 2.75) is 13.0 Å². The number of rotatable bonds is 2. The Balaban J connectivity index is 2.41. The number of primary amides is 1. The molecule has 2 rings (SSSR count). The second-order valence-electron chi connectivity index (χ2n) is 4.26. The maximum atomic E-state index is 11.6. The van der Waals surface area contributed by atoms with E-state index in [1.165, 1.54) is 0 Å². The van der Waals surface area contributed by atoms with Crippen LogP contribution in [0.25, 0.3) is 0 Å². The van der Waals surface area contributed by atoms with E-state index in [4.69, 9.17) is 11.5 Å². The van der Waals surface area contributed by atoms with Crippen molar-refractivity contribution < 1.29 is 9.59 Å². The Morgan fingerprint density at radius 1 is 1.50 bits per heavy atom. The molecule has 1 aliphatic heterocycles. The number of carbonyl (C=O) groups excluding carboxylic acids is 2. The molecule has 96 valence electrons. The van der Waals surface area contributed by atoms with Gasteiger partial charge >= 0.3 is 0 Å². The van der Waals surface area contributed by atoms with Crippen LogP contribution in [0.1, 0.15) is 17.3 Å². The van der Waals surface area contributed by atoms with Crippen LogP contribution in [0.2, 0.25) is 0 Å². The second-order valence-corrected chi connectivity index (χ2v) is 4.26. The predicted octanol–water partition coefficient (Wildman–Crippen LogP) is -0.308. The van der Waals surface area contributed by atoms with E-state index < -0.39 is 5.91 Å². The minimum atomic E-state index is -0.566. The number of anilines is 2. The average Bonchev–Trinajstić information content (AvgIpc) is 2.33. The number of nitrogens with zero attached hydrogens (tertiary/aromatic N) is 1. The Bertz CT molecular complexity index is 501. The summed E-state index contributed by atoms with van der Waals surface area (Å²) in [5.74, 6) is -0.617. The first-order chi connectivity index (χ1) is 8.52. The minimum Gasteiger partial charge on any atom is -0.396 e. The van der Waals surface area contributed by atoms with Crippen LogP contribution in [0, 0.1) is 0 Å². The van der Waals surface area contributed by atoms with Crippen molar-refractivity contribution in [3.05, 3.63) is 23.8 Å². The number of hydrogen-bond donors (Lipinski definition) is 3. The number of benzene rings is 1. The van der Waals surface area contributed by atoms with Gasteiger partial charge in [-0.1, -0.05) is 6.07 Å². The number of carbonyl (C=O) groups is 2.